The average molecular weight is 470 g/mol. The Morgan fingerprint density at radius 3 is 2.80 bits per heavy atom. The fourth-order valence-corrected chi connectivity index (χ4v) is 4.80. The largest absolute Gasteiger partial charge is 0.492 e. The molecule has 30 heavy (non-hydrogen) atoms. The quantitative estimate of drug-likeness (QED) is 0.488. The van der Waals surface area contributed by atoms with Crippen molar-refractivity contribution in [2.24, 2.45) is 0 Å². The molecule has 1 aromatic heterocycles. The van der Waals surface area contributed by atoms with E-state index in [9.17, 15) is 0 Å². The van der Waals surface area contributed by atoms with Crippen molar-refractivity contribution in [1.82, 2.24) is 15.1 Å². The molecule has 0 bridgehead atoms. The molecule has 0 saturated carbocycles. The van der Waals surface area contributed by atoms with Crippen molar-refractivity contribution in [2.45, 2.75) is 45.3 Å². The van der Waals surface area contributed by atoms with Crippen LogP contribution in [0.3, 0.4) is 0 Å². The van der Waals surface area contributed by atoms with Gasteiger partial charge in [0.1, 0.15) is 0 Å². The number of benzene rings is 2. The normalized spacial score (nSPS) is 15.6. The minimum Gasteiger partial charge on any atom is -0.492 e. The molecule has 6 heteroatoms. The Balaban J connectivity index is 1.49. The maximum Gasteiger partial charge on any atom is 0.174 e. The predicted molar refractivity (Wildman–Crippen MR) is 122 cm³/mol. The Bertz CT molecular complexity index is 988. The van der Waals surface area contributed by atoms with Gasteiger partial charge in [-0.1, -0.05) is 30.3 Å². The van der Waals surface area contributed by atoms with E-state index in [0.717, 1.165) is 47.5 Å². The summed E-state index contributed by atoms with van der Waals surface area (Å²) in [6, 6.07) is 15.0. The molecule has 1 atom stereocenters. The fraction of sp³-hybridized carbons (Fsp3) is 0.375. The molecule has 1 heterocycles. The number of hydrogen-bond donors (Lipinski definition) is 1. The number of nitrogens with one attached hydrogen (secondary N) is 1. The van der Waals surface area contributed by atoms with Crippen LogP contribution in [0.1, 0.15) is 48.2 Å². The first-order valence-electron chi connectivity index (χ1n) is 10.5. The van der Waals surface area contributed by atoms with Gasteiger partial charge in [0.2, 0.25) is 0 Å². The molecule has 0 saturated heterocycles. The first-order chi connectivity index (χ1) is 14.7. The average Bonchev–Trinajstić information content (AvgIpc) is 3.16. The van der Waals surface area contributed by atoms with Crippen molar-refractivity contribution in [1.29, 1.82) is 0 Å². The molecule has 0 spiro atoms. The molecule has 3 aromatic rings. The first-order valence-corrected chi connectivity index (χ1v) is 11.3. The van der Waals surface area contributed by atoms with Gasteiger partial charge >= 0.3 is 0 Å². The van der Waals surface area contributed by atoms with Crippen molar-refractivity contribution >= 4 is 15.9 Å². The van der Waals surface area contributed by atoms with Crippen LogP contribution >= 0.6 is 15.9 Å². The Morgan fingerprint density at radius 2 is 2.03 bits per heavy atom. The summed E-state index contributed by atoms with van der Waals surface area (Å²) in [5.74, 6) is 1.51. The van der Waals surface area contributed by atoms with Gasteiger partial charge in [0, 0.05) is 23.8 Å². The van der Waals surface area contributed by atoms with Crippen molar-refractivity contribution in [3.8, 4) is 11.5 Å². The third kappa shape index (κ3) is 4.55. The summed E-state index contributed by atoms with van der Waals surface area (Å²) in [4.78, 5) is 0. The highest BCUT2D eigenvalue weighted by atomic mass is 79.9. The summed E-state index contributed by atoms with van der Waals surface area (Å²) in [5.41, 5.74) is 5.13. The van der Waals surface area contributed by atoms with Gasteiger partial charge in [-0.15, -0.1) is 0 Å². The minimum absolute atomic E-state index is 0.315. The van der Waals surface area contributed by atoms with Crippen molar-refractivity contribution < 1.29 is 9.47 Å². The number of aromatic nitrogens is 2. The molecule has 1 N–H and O–H groups in total. The molecule has 4 rings (SSSR count). The summed E-state index contributed by atoms with van der Waals surface area (Å²) >= 11 is 3.61. The number of hydrogen-bond acceptors (Lipinski definition) is 4. The van der Waals surface area contributed by atoms with Crippen molar-refractivity contribution in [3.63, 3.8) is 0 Å². The number of nitrogens with zero attached hydrogens (tertiary/aromatic N) is 2. The second-order valence-corrected chi connectivity index (χ2v) is 8.41. The molecular formula is C24H28BrN3O2. The highest BCUT2D eigenvalue weighted by molar-refractivity contribution is 9.10. The van der Waals surface area contributed by atoms with Crippen molar-refractivity contribution in [2.75, 3.05) is 13.7 Å². The Hall–Kier alpha value is -2.31. The van der Waals surface area contributed by atoms with E-state index in [0.29, 0.717) is 12.6 Å². The summed E-state index contributed by atoms with van der Waals surface area (Å²) in [5, 5.41) is 8.44. The lowest BCUT2D eigenvalue weighted by molar-refractivity contribution is 0.309. The fourth-order valence-electron chi connectivity index (χ4n) is 4.15. The second kappa shape index (κ2) is 9.67. The van der Waals surface area contributed by atoms with Crippen LogP contribution in [0.4, 0.5) is 0 Å². The zero-order valence-electron chi connectivity index (χ0n) is 17.5. The molecule has 0 radical (unpaired) electrons. The molecule has 1 aliphatic rings. The zero-order chi connectivity index (χ0) is 20.9. The van der Waals surface area contributed by atoms with Gasteiger partial charge in [0.05, 0.1) is 30.9 Å². The lowest BCUT2D eigenvalue weighted by Gasteiger charge is -2.25. The van der Waals surface area contributed by atoms with Gasteiger partial charge < -0.3 is 14.8 Å². The van der Waals surface area contributed by atoms with Crippen LogP contribution in [0.2, 0.25) is 0 Å². The van der Waals surface area contributed by atoms with Gasteiger partial charge in [-0.3, -0.25) is 4.68 Å². The Morgan fingerprint density at radius 1 is 1.20 bits per heavy atom. The molecule has 158 valence electrons. The topological polar surface area (TPSA) is 48.3 Å². The number of halogens is 1. The van der Waals surface area contributed by atoms with Gasteiger partial charge in [0.25, 0.3) is 0 Å². The number of ether oxygens (including phenoxy) is 2. The van der Waals surface area contributed by atoms with E-state index in [4.69, 9.17) is 14.6 Å². The highest BCUT2D eigenvalue weighted by Gasteiger charge is 2.24. The van der Waals surface area contributed by atoms with Crippen LogP contribution in [-0.2, 0) is 19.5 Å². The van der Waals surface area contributed by atoms with E-state index in [2.05, 4.69) is 68.4 Å². The van der Waals surface area contributed by atoms with E-state index in [1.165, 1.54) is 23.2 Å². The number of fused-ring (bicyclic) bond motifs is 1. The van der Waals surface area contributed by atoms with Gasteiger partial charge in [-0.05, 0) is 65.4 Å². The maximum atomic E-state index is 5.76. The van der Waals surface area contributed by atoms with Gasteiger partial charge in [-0.25, -0.2) is 0 Å². The van der Waals surface area contributed by atoms with Crippen LogP contribution in [-0.4, -0.2) is 23.5 Å². The third-order valence-electron chi connectivity index (χ3n) is 5.56. The summed E-state index contributed by atoms with van der Waals surface area (Å²) in [6.45, 7) is 4.17. The Labute approximate surface area is 186 Å². The van der Waals surface area contributed by atoms with E-state index in [-0.39, 0.29) is 0 Å². The SMILES string of the molecule is CCOc1cc(CNC2CCCc3c2cnn3Cc2ccccc2)cc(Br)c1OC. The van der Waals surface area contributed by atoms with Crippen LogP contribution in [0, 0.1) is 0 Å². The molecule has 5 nitrogen and oxygen atoms in total. The molecule has 0 aliphatic heterocycles. The Kier molecular flexibility index (Phi) is 6.75. The molecular weight excluding hydrogens is 442 g/mol. The van der Waals surface area contributed by atoms with E-state index in [1.807, 2.05) is 13.1 Å². The summed E-state index contributed by atoms with van der Waals surface area (Å²) in [6.07, 6.45) is 5.43. The van der Waals surface area contributed by atoms with E-state index >= 15 is 0 Å². The van der Waals surface area contributed by atoms with Crippen molar-refractivity contribution in [3.05, 3.63) is 75.5 Å². The first kappa shape index (κ1) is 20.9. The van der Waals surface area contributed by atoms with Crippen LogP contribution in [0.25, 0.3) is 0 Å². The van der Waals surface area contributed by atoms with E-state index < -0.39 is 0 Å². The smallest absolute Gasteiger partial charge is 0.174 e. The molecule has 1 aliphatic carbocycles. The zero-order valence-corrected chi connectivity index (χ0v) is 19.1. The second-order valence-electron chi connectivity index (χ2n) is 7.56. The van der Waals surface area contributed by atoms with Gasteiger partial charge in [-0.2, -0.15) is 5.10 Å². The third-order valence-corrected chi connectivity index (χ3v) is 6.15. The number of methoxy groups -OCH3 is 1. The number of rotatable bonds is 8. The van der Waals surface area contributed by atoms with Crippen LogP contribution in [0.5, 0.6) is 11.5 Å². The lowest BCUT2D eigenvalue weighted by atomic mass is 9.92. The van der Waals surface area contributed by atoms with Crippen LogP contribution < -0.4 is 14.8 Å². The molecule has 1 unspecified atom stereocenters. The molecule has 0 fully saturated rings. The standard InChI is InChI=1S/C24H28BrN3O2/c1-3-30-23-13-18(12-20(25)24(23)29-2)14-26-21-10-7-11-22-19(21)15-27-28(22)16-17-8-5-4-6-9-17/h4-6,8-9,12-13,15,21,26H,3,7,10-11,14,16H2,1-2H3. The maximum absolute atomic E-state index is 5.76. The summed E-state index contributed by atoms with van der Waals surface area (Å²) in [7, 11) is 1.66. The minimum atomic E-state index is 0.315. The molecule has 2 aromatic carbocycles. The molecule has 0 amide bonds. The highest BCUT2D eigenvalue weighted by Crippen LogP contribution is 2.37. The van der Waals surface area contributed by atoms with E-state index in [1.54, 1.807) is 7.11 Å². The summed E-state index contributed by atoms with van der Waals surface area (Å²) < 4.78 is 14.3. The van der Waals surface area contributed by atoms with Gasteiger partial charge in [0.15, 0.2) is 11.5 Å². The monoisotopic (exact) mass is 469 g/mol. The van der Waals surface area contributed by atoms with Crippen LogP contribution in [0.15, 0.2) is 53.1 Å². The predicted octanol–water partition coefficient (Wildman–Crippen LogP) is 5.27. The lowest BCUT2D eigenvalue weighted by Crippen LogP contribution is -2.25.